The van der Waals surface area contributed by atoms with Crippen molar-refractivity contribution in [3.63, 3.8) is 0 Å². The lowest BCUT2D eigenvalue weighted by Gasteiger charge is -2.27. The Morgan fingerprint density at radius 2 is 1.06 bits per heavy atom. The molecule has 0 radical (unpaired) electrons. The lowest BCUT2D eigenvalue weighted by molar-refractivity contribution is 0.565. The highest BCUT2D eigenvalue weighted by atomic mass is 14.3. The van der Waals surface area contributed by atoms with Gasteiger partial charge in [0.15, 0.2) is 0 Å². The quantitative estimate of drug-likeness (QED) is 0.607. The van der Waals surface area contributed by atoms with Crippen LogP contribution in [0.2, 0.25) is 0 Å². The van der Waals surface area contributed by atoms with Crippen molar-refractivity contribution >= 4 is 0 Å². The minimum atomic E-state index is 0.227. The fraction of sp³-hybridized carbons (Fsp3) is 0.647. The van der Waals surface area contributed by atoms with Crippen LogP contribution in [-0.2, 0) is 10.8 Å². The van der Waals surface area contributed by atoms with Crippen LogP contribution in [-0.4, -0.2) is 0 Å². The molecule has 0 saturated heterocycles. The molecule has 0 aliphatic rings. The number of hydrogen-bond acceptors (Lipinski definition) is 0. The summed E-state index contributed by atoms with van der Waals surface area (Å²) in [5.74, 6) is 0.596. The van der Waals surface area contributed by atoms with E-state index in [-0.39, 0.29) is 10.8 Å². The number of hydrogen-bond donors (Lipinski definition) is 0. The Bertz CT molecular complexity index is 351. The first-order valence-corrected chi connectivity index (χ1v) is 6.68. The van der Waals surface area contributed by atoms with Crippen LogP contribution < -0.4 is 0 Å². The van der Waals surface area contributed by atoms with Gasteiger partial charge >= 0.3 is 0 Å². The van der Waals surface area contributed by atoms with E-state index in [0.29, 0.717) is 5.92 Å². The van der Waals surface area contributed by atoms with Gasteiger partial charge in [-0.15, -0.1) is 0 Å². The van der Waals surface area contributed by atoms with Gasteiger partial charge in [-0.25, -0.2) is 0 Å². The maximum Gasteiger partial charge on any atom is -0.0132 e. The summed E-state index contributed by atoms with van der Waals surface area (Å²) in [6, 6.07) is 7.13. The van der Waals surface area contributed by atoms with Crippen LogP contribution in [0.1, 0.15) is 78.0 Å². The zero-order valence-corrected chi connectivity index (χ0v) is 12.8. The van der Waals surface area contributed by atoms with Crippen LogP contribution in [0, 0.1) is 0 Å². The van der Waals surface area contributed by atoms with Crippen LogP contribution >= 0.6 is 0 Å². The molecular weight excluding hydrogens is 204 g/mol. The van der Waals surface area contributed by atoms with Gasteiger partial charge in [0.05, 0.1) is 0 Å². The molecule has 0 amide bonds. The number of benzene rings is 1. The average Bonchev–Trinajstić information content (AvgIpc) is 2.14. The number of rotatable bonds is 1. The second kappa shape index (κ2) is 4.48. The van der Waals surface area contributed by atoms with Crippen molar-refractivity contribution in [2.75, 3.05) is 0 Å². The topological polar surface area (TPSA) is 0 Å². The van der Waals surface area contributed by atoms with E-state index in [1.54, 1.807) is 0 Å². The van der Waals surface area contributed by atoms with Gasteiger partial charge in [0, 0.05) is 0 Å². The Labute approximate surface area is 107 Å². The third-order valence-corrected chi connectivity index (χ3v) is 3.35. The zero-order valence-electron chi connectivity index (χ0n) is 12.8. The molecule has 17 heavy (non-hydrogen) atoms. The van der Waals surface area contributed by atoms with Crippen LogP contribution in [0.5, 0.6) is 0 Å². The molecule has 96 valence electrons. The Balaban J connectivity index is 3.40. The third kappa shape index (κ3) is 3.59. The minimum absolute atomic E-state index is 0.227. The second-order valence-electron chi connectivity index (χ2n) is 7.50. The summed E-state index contributed by atoms with van der Waals surface area (Å²) in [6.45, 7) is 18.3. The van der Waals surface area contributed by atoms with Crippen molar-refractivity contribution in [2.24, 2.45) is 0 Å². The van der Waals surface area contributed by atoms with Gasteiger partial charge in [0.25, 0.3) is 0 Å². The summed E-state index contributed by atoms with van der Waals surface area (Å²) < 4.78 is 0. The molecule has 0 saturated carbocycles. The van der Waals surface area contributed by atoms with Crippen molar-refractivity contribution in [1.29, 1.82) is 0 Å². The summed E-state index contributed by atoms with van der Waals surface area (Å²) in [6.07, 6.45) is 0. The molecule has 0 aromatic heterocycles. The molecule has 1 aromatic carbocycles. The molecule has 0 N–H and O–H groups in total. The van der Waals surface area contributed by atoms with Crippen molar-refractivity contribution in [3.05, 3.63) is 34.9 Å². The smallest absolute Gasteiger partial charge is 0.0132 e. The lowest BCUT2D eigenvalue weighted by Crippen LogP contribution is -2.17. The van der Waals surface area contributed by atoms with E-state index in [2.05, 4.69) is 73.6 Å². The minimum Gasteiger partial charge on any atom is -0.0587 e. The first-order chi connectivity index (χ1) is 7.51. The van der Waals surface area contributed by atoms with E-state index in [0.717, 1.165) is 0 Å². The molecule has 0 unspecified atom stereocenters. The molecule has 0 heterocycles. The summed E-state index contributed by atoms with van der Waals surface area (Å²) in [5, 5.41) is 0. The molecule has 0 spiro atoms. The van der Waals surface area contributed by atoms with E-state index in [4.69, 9.17) is 0 Å². The maximum absolute atomic E-state index is 2.38. The summed E-state index contributed by atoms with van der Waals surface area (Å²) in [5.41, 5.74) is 4.82. The first-order valence-electron chi connectivity index (χ1n) is 6.68. The molecule has 1 aromatic rings. The van der Waals surface area contributed by atoms with Gasteiger partial charge in [0.2, 0.25) is 0 Å². The molecular formula is C17H28. The van der Waals surface area contributed by atoms with Gasteiger partial charge in [0.1, 0.15) is 0 Å². The normalized spacial score (nSPS) is 13.2. The predicted molar refractivity (Wildman–Crippen MR) is 77.9 cm³/mol. The Hall–Kier alpha value is -0.780. The molecule has 0 aliphatic heterocycles. The first kappa shape index (κ1) is 14.3. The third-order valence-electron chi connectivity index (χ3n) is 3.35. The highest BCUT2D eigenvalue weighted by molar-refractivity contribution is 5.38. The summed E-state index contributed by atoms with van der Waals surface area (Å²) >= 11 is 0. The van der Waals surface area contributed by atoms with Crippen molar-refractivity contribution < 1.29 is 0 Å². The van der Waals surface area contributed by atoms with Gasteiger partial charge < -0.3 is 0 Å². The van der Waals surface area contributed by atoms with E-state index in [1.807, 2.05) is 0 Å². The monoisotopic (exact) mass is 232 g/mol. The Morgan fingerprint density at radius 3 is 1.29 bits per heavy atom. The van der Waals surface area contributed by atoms with Crippen molar-refractivity contribution in [3.8, 4) is 0 Å². The van der Waals surface area contributed by atoms with Gasteiger partial charge in [-0.2, -0.15) is 0 Å². The highest BCUT2D eigenvalue weighted by Gasteiger charge is 2.20. The molecule has 0 aliphatic carbocycles. The van der Waals surface area contributed by atoms with Gasteiger partial charge in [-0.3, -0.25) is 0 Å². The standard InChI is InChI=1S/C17H28/c1-12(2)13-9-14(16(3,4)5)11-15(10-13)17(6,7)8/h9-12H,1-8H3. The van der Waals surface area contributed by atoms with E-state index in [9.17, 15) is 0 Å². The highest BCUT2D eigenvalue weighted by Crippen LogP contribution is 2.32. The van der Waals surface area contributed by atoms with Crippen LogP contribution in [0.15, 0.2) is 18.2 Å². The van der Waals surface area contributed by atoms with Crippen LogP contribution in [0.3, 0.4) is 0 Å². The predicted octanol–water partition coefficient (Wildman–Crippen LogP) is 5.41. The molecule has 0 atom stereocenters. The van der Waals surface area contributed by atoms with Crippen molar-refractivity contribution in [2.45, 2.75) is 72.1 Å². The molecule has 1 rings (SSSR count). The van der Waals surface area contributed by atoms with E-state index in [1.165, 1.54) is 16.7 Å². The summed E-state index contributed by atoms with van der Waals surface area (Å²) in [4.78, 5) is 0. The van der Waals surface area contributed by atoms with E-state index >= 15 is 0 Å². The maximum atomic E-state index is 2.38. The largest absolute Gasteiger partial charge is 0.0587 e. The van der Waals surface area contributed by atoms with Gasteiger partial charge in [-0.05, 0) is 33.4 Å². The molecule has 0 nitrogen and oxygen atoms in total. The van der Waals surface area contributed by atoms with Crippen LogP contribution in [0.25, 0.3) is 0 Å². The van der Waals surface area contributed by atoms with Crippen molar-refractivity contribution in [1.82, 2.24) is 0 Å². The molecule has 0 heteroatoms. The van der Waals surface area contributed by atoms with E-state index < -0.39 is 0 Å². The fourth-order valence-corrected chi connectivity index (χ4v) is 1.85. The fourth-order valence-electron chi connectivity index (χ4n) is 1.85. The van der Waals surface area contributed by atoms with Crippen LogP contribution in [0.4, 0.5) is 0 Å². The molecule has 0 fully saturated rings. The Morgan fingerprint density at radius 1 is 0.706 bits per heavy atom. The average molecular weight is 232 g/mol. The van der Waals surface area contributed by atoms with Gasteiger partial charge in [-0.1, -0.05) is 73.6 Å². The Kier molecular flexibility index (Phi) is 3.76. The second-order valence-corrected chi connectivity index (χ2v) is 7.50. The molecule has 0 bridgehead atoms. The SMILES string of the molecule is CC(C)c1cc(C(C)(C)C)cc(C(C)(C)C)c1. The lowest BCUT2D eigenvalue weighted by atomic mass is 9.78. The zero-order chi connectivity index (χ0) is 13.4. The summed E-state index contributed by atoms with van der Waals surface area (Å²) in [7, 11) is 0.